The molecule has 0 saturated heterocycles. The van der Waals surface area contributed by atoms with Gasteiger partial charge < -0.3 is 9.26 Å². The van der Waals surface area contributed by atoms with E-state index >= 15 is 0 Å². The van der Waals surface area contributed by atoms with Gasteiger partial charge in [0.05, 0.1) is 13.3 Å². The van der Waals surface area contributed by atoms with Crippen molar-refractivity contribution >= 4 is 0 Å². The molecule has 15 heavy (non-hydrogen) atoms. The second kappa shape index (κ2) is 3.77. The molecule has 0 N–H and O–H groups in total. The van der Waals surface area contributed by atoms with E-state index in [9.17, 15) is 0 Å². The minimum atomic E-state index is 0.781. The van der Waals surface area contributed by atoms with Gasteiger partial charge in [0, 0.05) is 11.6 Å². The number of rotatable bonds is 2. The number of ether oxygens (including phenoxy) is 1. The fourth-order valence-electron chi connectivity index (χ4n) is 1.78. The first-order valence-electron chi connectivity index (χ1n) is 4.78. The minimum absolute atomic E-state index is 0.781. The molecule has 0 aliphatic heterocycles. The zero-order valence-corrected chi connectivity index (χ0v) is 9.07. The van der Waals surface area contributed by atoms with Crippen LogP contribution in [0, 0.1) is 13.8 Å². The molecule has 0 atom stereocenters. The van der Waals surface area contributed by atoms with Gasteiger partial charge in [-0.05, 0) is 37.1 Å². The van der Waals surface area contributed by atoms with Gasteiger partial charge in [-0.2, -0.15) is 0 Å². The maximum atomic E-state index is 5.30. The summed E-state index contributed by atoms with van der Waals surface area (Å²) in [7, 11) is 1.68. The minimum Gasteiger partial charge on any atom is -0.496 e. The van der Waals surface area contributed by atoms with Crippen LogP contribution < -0.4 is 4.74 Å². The lowest BCUT2D eigenvalue weighted by atomic mass is 10.0. The Morgan fingerprint density at radius 1 is 1.20 bits per heavy atom. The van der Waals surface area contributed by atoms with E-state index in [4.69, 9.17) is 9.26 Å². The molecule has 0 radical (unpaired) electrons. The lowest BCUT2D eigenvalue weighted by molar-refractivity contribution is 0.408. The highest BCUT2D eigenvalue weighted by Gasteiger charge is 2.08. The van der Waals surface area contributed by atoms with Gasteiger partial charge in [0.1, 0.15) is 5.75 Å². The standard InChI is InChI=1S/C12H13NO2/c1-8-6-10(11-4-5-13-15-11)7-9(2)12(8)14-3/h4-7H,1-3H3. The fourth-order valence-corrected chi connectivity index (χ4v) is 1.78. The van der Waals surface area contributed by atoms with Crippen molar-refractivity contribution in [3.05, 3.63) is 35.5 Å². The van der Waals surface area contributed by atoms with Gasteiger partial charge in [0.15, 0.2) is 5.76 Å². The van der Waals surface area contributed by atoms with E-state index < -0.39 is 0 Å². The van der Waals surface area contributed by atoms with Crippen LogP contribution in [0.4, 0.5) is 0 Å². The van der Waals surface area contributed by atoms with Gasteiger partial charge in [0.25, 0.3) is 0 Å². The van der Waals surface area contributed by atoms with E-state index in [1.54, 1.807) is 13.3 Å². The second-order valence-electron chi connectivity index (χ2n) is 3.52. The molecule has 0 aliphatic rings. The highest BCUT2D eigenvalue weighted by Crippen LogP contribution is 2.29. The molecule has 3 heteroatoms. The Labute approximate surface area is 88.7 Å². The van der Waals surface area contributed by atoms with E-state index in [1.807, 2.05) is 32.0 Å². The summed E-state index contributed by atoms with van der Waals surface area (Å²) in [6, 6.07) is 5.92. The number of nitrogens with zero attached hydrogens (tertiary/aromatic N) is 1. The predicted octanol–water partition coefficient (Wildman–Crippen LogP) is 2.97. The highest BCUT2D eigenvalue weighted by atomic mass is 16.5. The Morgan fingerprint density at radius 2 is 1.87 bits per heavy atom. The number of benzene rings is 1. The van der Waals surface area contributed by atoms with Crippen molar-refractivity contribution in [2.24, 2.45) is 0 Å². The Balaban J connectivity index is 2.53. The smallest absolute Gasteiger partial charge is 0.166 e. The Kier molecular flexibility index (Phi) is 2.46. The first-order valence-corrected chi connectivity index (χ1v) is 4.78. The molecule has 3 nitrogen and oxygen atoms in total. The molecule has 2 aromatic rings. The Hall–Kier alpha value is -1.77. The van der Waals surface area contributed by atoms with E-state index in [-0.39, 0.29) is 0 Å². The summed E-state index contributed by atoms with van der Waals surface area (Å²) in [5.74, 6) is 1.71. The third-order valence-electron chi connectivity index (χ3n) is 2.39. The molecule has 0 bridgehead atoms. The number of aromatic nitrogens is 1. The largest absolute Gasteiger partial charge is 0.496 e. The van der Waals surface area contributed by atoms with Crippen LogP contribution in [0.1, 0.15) is 11.1 Å². The fraction of sp³-hybridized carbons (Fsp3) is 0.250. The van der Waals surface area contributed by atoms with E-state index in [2.05, 4.69) is 5.16 Å². The van der Waals surface area contributed by atoms with Gasteiger partial charge in [0.2, 0.25) is 0 Å². The SMILES string of the molecule is COc1c(C)cc(-c2ccno2)cc1C. The van der Waals surface area contributed by atoms with Crippen LogP contribution in [0.2, 0.25) is 0 Å². The van der Waals surface area contributed by atoms with Crippen molar-refractivity contribution in [2.45, 2.75) is 13.8 Å². The molecule has 0 spiro atoms. The molecule has 0 unspecified atom stereocenters. The Morgan fingerprint density at radius 3 is 2.33 bits per heavy atom. The topological polar surface area (TPSA) is 35.3 Å². The van der Waals surface area contributed by atoms with Crippen molar-refractivity contribution < 1.29 is 9.26 Å². The van der Waals surface area contributed by atoms with Crippen molar-refractivity contribution in [1.82, 2.24) is 5.16 Å². The molecule has 0 aliphatic carbocycles. The normalized spacial score (nSPS) is 10.3. The summed E-state index contributed by atoms with van der Waals surface area (Å²) in [4.78, 5) is 0. The molecule has 0 amide bonds. The highest BCUT2D eigenvalue weighted by molar-refractivity contribution is 5.62. The van der Waals surface area contributed by atoms with Gasteiger partial charge in [-0.15, -0.1) is 0 Å². The lowest BCUT2D eigenvalue weighted by Gasteiger charge is -2.09. The maximum Gasteiger partial charge on any atom is 0.166 e. The second-order valence-corrected chi connectivity index (χ2v) is 3.52. The van der Waals surface area contributed by atoms with Crippen LogP contribution in [0.25, 0.3) is 11.3 Å². The van der Waals surface area contributed by atoms with Gasteiger partial charge in [-0.3, -0.25) is 0 Å². The van der Waals surface area contributed by atoms with Crippen molar-refractivity contribution in [1.29, 1.82) is 0 Å². The average molecular weight is 203 g/mol. The van der Waals surface area contributed by atoms with E-state index in [1.165, 1.54) is 0 Å². The summed E-state index contributed by atoms with van der Waals surface area (Å²) in [6.45, 7) is 4.04. The monoisotopic (exact) mass is 203 g/mol. The van der Waals surface area contributed by atoms with Crippen LogP contribution >= 0.6 is 0 Å². The maximum absolute atomic E-state index is 5.30. The van der Waals surface area contributed by atoms with Crippen LogP contribution in [-0.2, 0) is 0 Å². The summed E-state index contributed by atoms with van der Waals surface area (Å²) in [5.41, 5.74) is 3.23. The number of hydrogen-bond acceptors (Lipinski definition) is 3. The van der Waals surface area contributed by atoms with Gasteiger partial charge in [-0.1, -0.05) is 5.16 Å². The molecule has 1 aromatic carbocycles. The van der Waals surface area contributed by atoms with Gasteiger partial charge in [-0.25, -0.2) is 0 Å². The first-order chi connectivity index (χ1) is 7.22. The molecule has 1 aromatic heterocycles. The van der Waals surface area contributed by atoms with E-state index in [0.717, 1.165) is 28.2 Å². The van der Waals surface area contributed by atoms with E-state index in [0.29, 0.717) is 0 Å². The third kappa shape index (κ3) is 1.73. The molecular weight excluding hydrogens is 190 g/mol. The molecule has 78 valence electrons. The first kappa shape index (κ1) is 9.77. The number of aryl methyl sites for hydroxylation is 2. The molecular formula is C12H13NO2. The molecule has 1 heterocycles. The lowest BCUT2D eigenvalue weighted by Crippen LogP contribution is -1.91. The molecule has 2 rings (SSSR count). The van der Waals surface area contributed by atoms with Crippen LogP contribution in [0.15, 0.2) is 28.9 Å². The van der Waals surface area contributed by atoms with Crippen LogP contribution in [-0.4, -0.2) is 12.3 Å². The van der Waals surface area contributed by atoms with Crippen molar-refractivity contribution in [3.8, 4) is 17.1 Å². The molecule has 0 fully saturated rings. The summed E-state index contributed by atoms with van der Waals surface area (Å²) >= 11 is 0. The zero-order valence-electron chi connectivity index (χ0n) is 9.07. The van der Waals surface area contributed by atoms with Gasteiger partial charge >= 0.3 is 0 Å². The predicted molar refractivity (Wildman–Crippen MR) is 58.0 cm³/mol. The quantitative estimate of drug-likeness (QED) is 0.752. The number of methoxy groups -OCH3 is 1. The number of hydrogen-bond donors (Lipinski definition) is 0. The third-order valence-corrected chi connectivity index (χ3v) is 2.39. The van der Waals surface area contributed by atoms with Crippen molar-refractivity contribution in [2.75, 3.05) is 7.11 Å². The van der Waals surface area contributed by atoms with Crippen LogP contribution in [0.3, 0.4) is 0 Å². The zero-order chi connectivity index (χ0) is 10.8. The summed E-state index contributed by atoms with van der Waals surface area (Å²) < 4.78 is 10.4. The van der Waals surface area contributed by atoms with Crippen molar-refractivity contribution in [3.63, 3.8) is 0 Å². The average Bonchev–Trinajstić information content (AvgIpc) is 2.69. The van der Waals surface area contributed by atoms with Crippen LogP contribution in [0.5, 0.6) is 5.75 Å². The summed E-state index contributed by atoms with van der Waals surface area (Å²) in [6.07, 6.45) is 1.64. The Bertz CT molecular complexity index is 437. The summed E-state index contributed by atoms with van der Waals surface area (Å²) in [5, 5.41) is 3.69. The molecule has 0 saturated carbocycles.